The Morgan fingerprint density at radius 2 is 1.71 bits per heavy atom. The molecule has 0 amide bonds. The summed E-state index contributed by atoms with van der Waals surface area (Å²) >= 11 is 0. The lowest BCUT2D eigenvalue weighted by atomic mass is 10.1. The second-order valence-corrected chi connectivity index (χ2v) is 6.22. The molecular formula is C21H18FN5O. The minimum Gasteiger partial charge on any atom is -0.366 e. The molecule has 4 rings (SSSR count). The molecule has 0 aliphatic rings. The number of aryl methyl sites for hydroxylation is 1. The van der Waals surface area contributed by atoms with E-state index in [1.165, 1.54) is 6.07 Å². The maximum atomic E-state index is 13.9. The van der Waals surface area contributed by atoms with Gasteiger partial charge >= 0.3 is 0 Å². The molecule has 2 heterocycles. The summed E-state index contributed by atoms with van der Waals surface area (Å²) in [7, 11) is 0. The molecule has 0 fully saturated rings. The highest BCUT2D eigenvalue weighted by Gasteiger charge is 2.10. The minimum atomic E-state index is -0.260. The van der Waals surface area contributed by atoms with Crippen molar-refractivity contribution >= 4 is 17.6 Å². The van der Waals surface area contributed by atoms with Crippen LogP contribution in [0.15, 0.2) is 71.3 Å². The third-order valence-corrected chi connectivity index (χ3v) is 4.08. The van der Waals surface area contributed by atoms with Gasteiger partial charge in [0, 0.05) is 29.8 Å². The number of aromatic nitrogens is 3. The predicted octanol–water partition coefficient (Wildman–Crippen LogP) is 4.93. The average Bonchev–Trinajstić information content (AvgIpc) is 3.12. The Labute approximate surface area is 161 Å². The van der Waals surface area contributed by atoms with E-state index >= 15 is 0 Å². The molecule has 0 aliphatic heterocycles. The van der Waals surface area contributed by atoms with Crippen molar-refractivity contribution in [3.05, 3.63) is 83.9 Å². The van der Waals surface area contributed by atoms with Crippen molar-refractivity contribution < 1.29 is 8.91 Å². The predicted molar refractivity (Wildman–Crippen MR) is 106 cm³/mol. The number of nitrogens with one attached hydrogen (secondary N) is 2. The smallest absolute Gasteiger partial charge is 0.231 e. The van der Waals surface area contributed by atoms with Gasteiger partial charge in [-0.25, -0.2) is 9.37 Å². The number of benzene rings is 2. The second-order valence-electron chi connectivity index (χ2n) is 6.22. The van der Waals surface area contributed by atoms with Crippen LogP contribution in [0, 0.1) is 12.7 Å². The topological polar surface area (TPSA) is 75.9 Å². The molecule has 2 N–H and O–H groups in total. The molecule has 0 aliphatic carbocycles. The summed E-state index contributed by atoms with van der Waals surface area (Å²) in [4.78, 5) is 9.03. The monoisotopic (exact) mass is 375 g/mol. The third-order valence-electron chi connectivity index (χ3n) is 4.08. The molecule has 2 aromatic carbocycles. The zero-order valence-corrected chi connectivity index (χ0v) is 15.2. The fourth-order valence-corrected chi connectivity index (χ4v) is 2.72. The number of anilines is 3. The van der Waals surface area contributed by atoms with Gasteiger partial charge in [-0.2, -0.15) is 4.98 Å². The van der Waals surface area contributed by atoms with Gasteiger partial charge in [-0.3, -0.25) is 0 Å². The quantitative estimate of drug-likeness (QED) is 0.497. The molecule has 0 bridgehead atoms. The first-order chi connectivity index (χ1) is 13.7. The van der Waals surface area contributed by atoms with E-state index in [1.54, 1.807) is 31.2 Å². The lowest BCUT2D eigenvalue weighted by Gasteiger charge is -2.11. The number of hydrogen-bond donors (Lipinski definition) is 2. The number of hydrogen-bond acceptors (Lipinski definition) is 6. The van der Waals surface area contributed by atoms with Crippen LogP contribution in [0.2, 0.25) is 0 Å². The largest absolute Gasteiger partial charge is 0.366 e. The van der Waals surface area contributed by atoms with Crippen LogP contribution in [0.3, 0.4) is 0 Å². The lowest BCUT2D eigenvalue weighted by Crippen LogP contribution is -2.06. The van der Waals surface area contributed by atoms with Gasteiger partial charge in [-0.1, -0.05) is 53.7 Å². The summed E-state index contributed by atoms with van der Waals surface area (Å²) in [5.41, 5.74) is 2.23. The number of rotatable bonds is 6. The van der Waals surface area contributed by atoms with Crippen molar-refractivity contribution in [1.82, 2.24) is 15.1 Å². The molecule has 2 aromatic heterocycles. The number of halogens is 1. The minimum absolute atomic E-state index is 0.260. The highest BCUT2D eigenvalue weighted by atomic mass is 19.1. The fraction of sp³-hybridized carbons (Fsp3) is 0.0952. The molecule has 0 atom stereocenters. The third kappa shape index (κ3) is 4.15. The van der Waals surface area contributed by atoms with Gasteiger partial charge in [0.05, 0.1) is 5.69 Å². The van der Waals surface area contributed by atoms with Crippen LogP contribution in [0.4, 0.5) is 22.0 Å². The van der Waals surface area contributed by atoms with Gasteiger partial charge in [0.2, 0.25) is 5.95 Å². The van der Waals surface area contributed by atoms with Crippen LogP contribution >= 0.6 is 0 Å². The summed E-state index contributed by atoms with van der Waals surface area (Å²) < 4.78 is 19.0. The van der Waals surface area contributed by atoms with Gasteiger partial charge in [-0.05, 0) is 13.0 Å². The molecule has 28 heavy (non-hydrogen) atoms. The zero-order chi connectivity index (χ0) is 19.3. The Kier molecular flexibility index (Phi) is 4.97. The Morgan fingerprint density at radius 3 is 2.46 bits per heavy atom. The molecule has 4 aromatic rings. The molecule has 0 spiro atoms. The molecule has 0 saturated carbocycles. The van der Waals surface area contributed by atoms with Crippen molar-refractivity contribution in [1.29, 1.82) is 0 Å². The van der Waals surface area contributed by atoms with Gasteiger partial charge in [-0.15, -0.1) is 0 Å². The molecule has 140 valence electrons. The first kappa shape index (κ1) is 17.7. The highest BCUT2D eigenvalue weighted by molar-refractivity contribution is 5.65. The van der Waals surface area contributed by atoms with E-state index in [0.29, 0.717) is 35.5 Å². The second kappa shape index (κ2) is 7.87. The van der Waals surface area contributed by atoms with Crippen molar-refractivity contribution in [3.63, 3.8) is 0 Å². The van der Waals surface area contributed by atoms with E-state index < -0.39 is 0 Å². The van der Waals surface area contributed by atoms with E-state index in [9.17, 15) is 4.39 Å². The van der Waals surface area contributed by atoms with Gasteiger partial charge in [0.1, 0.15) is 17.4 Å². The summed E-state index contributed by atoms with van der Waals surface area (Å²) in [6, 6.07) is 20.0. The van der Waals surface area contributed by atoms with Crippen LogP contribution in [-0.2, 0) is 6.54 Å². The van der Waals surface area contributed by atoms with E-state index in [2.05, 4.69) is 25.8 Å². The highest BCUT2D eigenvalue weighted by Crippen LogP contribution is 2.23. The Morgan fingerprint density at radius 1 is 0.929 bits per heavy atom. The molecular weight excluding hydrogens is 357 g/mol. The van der Waals surface area contributed by atoms with Crippen LogP contribution in [-0.4, -0.2) is 15.1 Å². The van der Waals surface area contributed by atoms with Crippen molar-refractivity contribution in [3.8, 4) is 11.3 Å². The van der Waals surface area contributed by atoms with E-state index in [0.717, 1.165) is 11.3 Å². The summed E-state index contributed by atoms with van der Waals surface area (Å²) in [6.07, 6.45) is 0. The van der Waals surface area contributed by atoms with Crippen LogP contribution in [0.5, 0.6) is 0 Å². The van der Waals surface area contributed by atoms with E-state index in [-0.39, 0.29) is 5.82 Å². The Balaban J connectivity index is 1.64. The van der Waals surface area contributed by atoms with Gasteiger partial charge < -0.3 is 15.2 Å². The maximum Gasteiger partial charge on any atom is 0.231 e. The van der Waals surface area contributed by atoms with E-state index in [1.807, 2.05) is 36.4 Å². The molecule has 6 nitrogen and oxygen atoms in total. The summed E-state index contributed by atoms with van der Waals surface area (Å²) in [5, 5.41) is 10.1. The van der Waals surface area contributed by atoms with Crippen LogP contribution in [0.25, 0.3) is 11.3 Å². The fourth-order valence-electron chi connectivity index (χ4n) is 2.72. The zero-order valence-electron chi connectivity index (χ0n) is 15.2. The Hall–Kier alpha value is -3.74. The first-order valence-corrected chi connectivity index (χ1v) is 8.79. The van der Waals surface area contributed by atoms with Crippen molar-refractivity contribution in [2.24, 2.45) is 0 Å². The summed E-state index contributed by atoms with van der Waals surface area (Å²) in [5.74, 6) is 1.87. The standard InChI is InChI=1S/C21H18FN5O/c1-14-11-20(27-28-14)26-21-24-18(15-7-3-2-4-8-15)12-19(25-21)23-13-16-9-5-6-10-17(16)22/h2-12H,13H2,1H3,(H2,23,24,25,26,27). The Bertz CT molecular complexity index is 1080. The molecule has 0 radical (unpaired) electrons. The molecule has 7 heteroatoms. The van der Waals surface area contributed by atoms with Crippen molar-refractivity contribution in [2.75, 3.05) is 10.6 Å². The van der Waals surface area contributed by atoms with Crippen molar-refractivity contribution in [2.45, 2.75) is 13.5 Å². The van der Waals surface area contributed by atoms with Crippen LogP contribution in [0.1, 0.15) is 11.3 Å². The van der Waals surface area contributed by atoms with Crippen LogP contribution < -0.4 is 10.6 Å². The van der Waals surface area contributed by atoms with Gasteiger partial charge in [0.25, 0.3) is 0 Å². The first-order valence-electron chi connectivity index (χ1n) is 8.79. The molecule has 0 unspecified atom stereocenters. The normalized spacial score (nSPS) is 10.6. The molecule has 0 saturated heterocycles. The van der Waals surface area contributed by atoms with E-state index in [4.69, 9.17) is 4.52 Å². The van der Waals surface area contributed by atoms with Gasteiger partial charge in [0.15, 0.2) is 5.82 Å². The lowest BCUT2D eigenvalue weighted by molar-refractivity contribution is 0.400. The SMILES string of the molecule is Cc1cc(Nc2nc(NCc3ccccc3F)cc(-c3ccccc3)n2)no1. The average molecular weight is 375 g/mol. The maximum absolute atomic E-state index is 13.9. The number of nitrogens with zero attached hydrogens (tertiary/aromatic N) is 3. The summed E-state index contributed by atoms with van der Waals surface area (Å²) in [6.45, 7) is 2.11.